The molecule has 9 aromatic carbocycles. The van der Waals surface area contributed by atoms with E-state index in [9.17, 15) is 0 Å². The van der Waals surface area contributed by atoms with Crippen molar-refractivity contribution in [1.29, 1.82) is 0 Å². The third kappa shape index (κ3) is 5.79. The van der Waals surface area contributed by atoms with E-state index < -0.39 is 0 Å². The van der Waals surface area contributed by atoms with Gasteiger partial charge in [-0.2, -0.15) is 0 Å². The van der Waals surface area contributed by atoms with Crippen molar-refractivity contribution in [3.05, 3.63) is 240 Å². The molecule has 5 nitrogen and oxygen atoms in total. The standard InChI is InChI=1S/C60H43N5/c1-60(2)50-25-13-9-21-43(50)44-32-30-41(35-51(44)60)58-61-57(39-19-7-4-8-20-39)62-59(63-58)49-24-12-16-28-54(49)65-53-27-15-11-23-46(53)48-34-31-42(37-56(48)65)64-52-26-14-10-22-45(52)47-33-29-40(36-55(47)64)38-17-5-3-6-18-38/h3-37,58H,1-2H3,(H,61,62,63). The highest BCUT2D eigenvalue weighted by molar-refractivity contribution is 6.16. The fourth-order valence-electron chi connectivity index (χ4n) is 10.6. The summed E-state index contributed by atoms with van der Waals surface area (Å²) >= 11 is 0. The highest BCUT2D eigenvalue weighted by Gasteiger charge is 2.36. The number of amidine groups is 2. The number of benzene rings is 9. The van der Waals surface area contributed by atoms with Crippen LogP contribution in [0.2, 0.25) is 0 Å². The summed E-state index contributed by atoms with van der Waals surface area (Å²) in [6.45, 7) is 4.66. The molecule has 11 aromatic rings. The lowest BCUT2D eigenvalue weighted by atomic mass is 9.82. The third-order valence-corrected chi connectivity index (χ3v) is 13.8. The van der Waals surface area contributed by atoms with E-state index in [0.717, 1.165) is 44.9 Å². The molecule has 308 valence electrons. The van der Waals surface area contributed by atoms with E-state index in [1.165, 1.54) is 66.0 Å². The molecule has 0 saturated carbocycles. The Labute approximate surface area is 377 Å². The summed E-state index contributed by atoms with van der Waals surface area (Å²) in [7, 11) is 0. The SMILES string of the molecule is CC1(C)c2ccccc2-c2ccc(C3N=C(c4ccccc4-n4c5ccccc5c5ccc(-n6c7ccccc7c7ccc(-c8ccccc8)cc76)cc54)N=C(c4ccccc4)N3)cc21. The van der Waals surface area contributed by atoms with Crippen LogP contribution in [0.4, 0.5) is 0 Å². The Morgan fingerprint density at radius 1 is 0.431 bits per heavy atom. The molecule has 2 aromatic heterocycles. The third-order valence-electron chi connectivity index (χ3n) is 13.8. The van der Waals surface area contributed by atoms with Gasteiger partial charge in [0.1, 0.15) is 12.0 Å². The van der Waals surface area contributed by atoms with Crippen LogP contribution in [-0.4, -0.2) is 20.8 Å². The van der Waals surface area contributed by atoms with Crippen molar-refractivity contribution in [2.24, 2.45) is 9.98 Å². The van der Waals surface area contributed by atoms with Crippen LogP contribution >= 0.6 is 0 Å². The van der Waals surface area contributed by atoms with E-state index in [1.807, 2.05) is 6.07 Å². The second-order valence-corrected chi connectivity index (χ2v) is 17.8. The average molecular weight is 834 g/mol. The number of nitrogens with zero attached hydrogens (tertiary/aromatic N) is 4. The molecule has 0 saturated heterocycles. The highest BCUT2D eigenvalue weighted by atomic mass is 15.2. The molecule has 0 amide bonds. The smallest absolute Gasteiger partial charge is 0.161 e. The second kappa shape index (κ2) is 14.4. The maximum absolute atomic E-state index is 5.51. The van der Waals surface area contributed by atoms with Gasteiger partial charge in [0.25, 0.3) is 0 Å². The molecule has 3 heterocycles. The molecule has 0 fully saturated rings. The number of aliphatic imine (C=N–C) groups is 2. The van der Waals surface area contributed by atoms with Gasteiger partial charge in [-0.05, 0) is 81.4 Å². The monoisotopic (exact) mass is 833 g/mol. The highest BCUT2D eigenvalue weighted by Crippen LogP contribution is 2.49. The first kappa shape index (κ1) is 37.3. The maximum Gasteiger partial charge on any atom is 0.161 e. The zero-order valence-corrected chi connectivity index (χ0v) is 36.1. The Kier molecular flexibility index (Phi) is 8.25. The number of rotatable bonds is 6. The summed E-state index contributed by atoms with van der Waals surface area (Å²) in [6, 6.07) is 76.7. The number of hydrogen-bond donors (Lipinski definition) is 1. The fourth-order valence-corrected chi connectivity index (χ4v) is 10.6. The van der Waals surface area contributed by atoms with Crippen LogP contribution in [0.1, 0.15) is 47.8 Å². The predicted octanol–water partition coefficient (Wildman–Crippen LogP) is 14.3. The minimum absolute atomic E-state index is 0.134. The lowest BCUT2D eigenvalue weighted by Crippen LogP contribution is -2.34. The second-order valence-electron chi connectivity index (χ2n) is 17.8. The predicted molar refractivity (Wildman–Crippen MR) is 270 cm³/mol. The number of para-hydroxylation sites is 3. The largest absolute Gasteiger partial charge is 0.344 e. The molecule has 0 spiro atoms. The van der Waals surface area contributed by atoms with Gasteiger partial charge in [-0.1, -0.05) is 184 Å². The van der Waals surface area contributed by atoms with E-state index in [2.05, 4.69) is 235 Å². The van der Waals surface area contributed by atoms with Crippen LogP contribution in [0.25, 0.3) is 77.2 Å². The van der Waals surface area contributed by atoms with E-state index in [1.54, 1.807) is 0 Å². The Balaban J connectivity index is 1.01. The first-order chi connectivity index (χ1) is 32.0. The van der Waals surface area contributed by atoms with Gasteiger partial charge in [0.2, 0.25) is 0 Å². The molecule has 1 atom stereocenters. The lowest BCUT2D eigenvalue weighted by Gasteiger charge is -2.26. The van der Waals surface area contributed by atoms with Crippen LogP contribution in [0, 0.1) is 0 Å². The minimum Gasteiger partial charge on any atom is -0.344 e. The minimum atomic E-state index is -0.364. The zero-order chi connectivity index (χ0) is 43.2. The van der Waals surface area contributed by atoms with E-state index in [-0.39, 0.29) is 11.6 Å². The molecular weight excluding hydrogens is 791 g/mol. The van der Waals surface area contributed by atoms with Gasteiger partial charge in [0.15, 0.2) is 5.84 Å². The van der Waals surface area contributed by atoms with Crippen molar-refractivity contribution in [2.75, 3.05) is 0 Å². The lowest BCUT2D eigenvalue weighted by molar-refractivity contribution is 0.645. The molecule has 0 bridgehead atoms. The molecule has 13 rings (SSSR count). The summed E-state index contributed by atoms with van der Waals surface area (Å²) < 4.78 is 4.85. The van der Waals surface area contributed by atoms with Crippen molar-refractivity contribution >= 4 is 55.3 Å². The van der Waals surface area contributed by atoms with Crippen molar-refractivity contribution in [2.45, 2.75) is 25.4 Å². The summed E-state index contributed by atoms with van der Waals surface area (Å²) in [5.41, 5.74) is 17.3. The quantitative estimate of drug-likeness (QED) is 0.178. The number of aromatic nitrogens is 2. The van der Waals surface area contributed by atoms with Crippen molar-refractivity contribution in [1.82, 2.24) is 14.5 Å². The van der Waals surface area contributed by atoms with Gasteiger partial charge >= 0.3 is 0 Å². The molecular formula is C60H43N5. The van der Waals surface area contributed by atoms with E-state index >= 15 is 0 Å². The molecule has 5 heteroatoms. The van der Waals surface area contributed by atoms with E-state index in [4.69, 9.17) is 9.98 Å². The molecule has 0 radical (unpaired) electrons. The summed E-state index contributed by atoms with van der Waals surface area (Å²) in [6.07, 6.45) is -0.364. The van der Waals surface area contributed by atoms with E-state index in [0.29, 0.717) is 5.84 Å². The van der Waals surface area contributed by atoms with Crippen molar-refractivity contribution in [3.63, 3.8) is 0 Å². The topological polar surface area (TPSA) is 46.6 Å². The first-order valence-electron chi connectivity index (χ1n) is 22.4. The van der Waals surface area contributed by atoms with Gasteiger partial charge in [-0.15, -0.1) is 0 Å². The molecule has 1 aliphatic heterocycles. The summed E-state index contributed by atoms with van der Waals surface area (Å²) in [5.74, 6) is 1.48. The molecule has 1 N–H and O–H groups in total. The molecule has 2 aliphatic rings. The van der Waals surface area contributed by atoms with Gasteiger partial charge < -0.3 is 14.5 Å². The molecule has 1 aliphatic carbocycles. The van der Waals surface area contributed by atoms with Gasteiger partial charge in [0, 0.05) is 43.8 Å². The Bertz CT molecular complexity index is 3770. The van der Waals surface area contributed by atoms with Crippen molar-refractivity contribution in [3.8, 4) is 33.6 Å². The molecule has 1 unspecified atom stereocenters. The Morgan fingerprint density at radius 2 is 1.02 bits per heavy atom. The number of hydrogen-bond acceptors (Lipinski definition) is 3. The summed E-state index contributed by atoms with van der Waals surface area (Å²) in [4.78, 5) is 10.9. The number of nitrogens with one attached hydrogen (secondary N) is 1. The van der Waals surface area contributed by atoms with Crippen LogP contribution in [0.5, 0.6) is 0 Å². The van der Waals surface area contributed by atoms with Gasteiger partial charge in [-0.3, -0.25) is 0 Å². The van der Waals surface area contributed by atoms with Gasteiger partial charge in [-0.25, -0.2) is 9.98 Å². The Hall–Kier alpha value is -8.28. The Morgan fingerprint density at radius 3 is 1.78 bits per heavy atom. The normalized spacial score (nSPS) is 15.2. The maximum atomic E-state index is 5.51. The molecule has 65 heavy (non-hydrogen) atoms. The zero-order valence-electron chi connectivity index (χ0n) is 36.1. The van der Waals surface area contributed by atoms with Crippen LogP contribution in [0.3, 0.4) is 0 Å². The van der Waals surface area contributed by atoms with Crippen molar-refractivity contribution < 1.29 is 0 Å². The summed E-state index contributed by atoms with van der Waals surface area (Å²) in [5, 5.41) is 8.60. The number of fused-ring (bicyclic) bond motifs is 9. The van der Waals surface area contributed by atoms with Crippen LogP contribution < -0.4 is 5.32 Å². The average Bonchev–Trinajstić information content (AvgIpc) is 3.96. The van der Waals surface area contributed by atoms with Crippen LogP contribution in [0.15, 0.2) is 222 Å². The first-order valence-corrected chi connectivity index (χ1v) is 22.4. The fraction of sp³-hybridized carbons (Fsp3) is 0.0667. The van der Waals surface area contributed by atoms with Gasteiger partial charge in [0.05, 0.1) is 27.8 Å². The van der Waals surface area contributed by atoms with Crippen LogP contribution in [-0.2, 0) is 5.41 Å².